The van der Waals surface area contributed by atoms with E-state index in [4.69, 9.17) is 10.5 Å². The summed E-state index contributed by atoms with van der Waals surface area (Å²) in [5.74, 6) is 0.738. The fourth-order valence-electron chi connectivity index (χ4n) is 2.43. The lowest BCUT2D eigenvalue weighted by Gasteiger charge is -2.13. The van der Waals surface area contributed by atoms with Gasteiger partial charge in [-0.3, -0.25) is 0 Å². The van der Waals surface area contributed by atoms with Crippen LogP contribution in [-0.4, -0.2) is 27.0 Å². The number of nitrogen functional groups attached to an aromatic ring is 1. The van der Waals surface area contributed by atoms with Crippen LogP contribution in [0.25, 0.3) is 11.2 Å². The first-order chi connectivity index (χ1) is 10.7. The highest BCUT2D eigenvalue weighted by Gasteiger charge is 2.14. The molecule has 3 N–H and O–H groups in total. The standard InChI is InChI=1S/C16H19N5O/c1-11(7-8-22-10-12-5-3-2-4-6-12)13-9-14(17)18-16-15(13)19-21-20-16/h2-6,9,11H,7-8,10H2,1H3,(H3,17,18,19,20,21). The van der Waals surface area contributed by atoms with E-state index in [0.717, 1.165) is 17.5 Å². The highest BCUT2D eigenvalue weighted by molar-refractivity contribution is 5.76. The van der Waals surface area contributed by atoms with Crippen molar-refractivity contribution in [2.45, 2.75) is 25.9 Å². The SMILES string of the molecule is CC(CCOCc1ccccc1)c1cc(N)nc2n[nH]nc12. The molecule has 0 aliphatic heterocycles. The Balaban J connectivity index is 1.59. The first-order valence-electron chi connectivity index (χ1n) is 7.32. The van der Waals surface area contributed by atoms with Crippen molar-refractivity contribution >= 4 is 17.0 Å². The predicted octanol–water partition coefficient (Wildman–Crippen LogP) is 2.65. The summed E-state index contributed by atoms with van der Waals surface area (Å²) in [7, 11) is 0. The Labute approximate surface area is 128 Å². The van der Waals surface area contributed by atoms with Gasteiger partial charge in [-0.2, -0.15) is 10.3 Å². The molecule has 1 unspecified atom stereocenters. The van der Waals surface area contributed by atoms with E-state index in [0.29, 0.717) is 24.7 Å². The van der Waals surface area contributed by atoms with Crippen LogP contribution < -0.4 is 5.73 Å². The number of H-pyrrole nitrogens is 1. The molecule has 0 radical (unpaired) electrons. The minimum atomic E-state index is 0.272. The van der Waals surface area contributed by atoms with Gasteiger partial charge in [0.2, 0.25) is 5.65 Å². The lowest BCUT2D eigenvalue weighted by atomic mass is 9.98. The summed E-state index contributed by atoms with van der Waals surface area (Å²) >= 11 is 0. The summed E-state index contributed by atoms with van der Waals surface area (Å²) in [6, 6.07) is 12.0. The minimum absolute atomic E-state index is 0.272. The molecule has 2 aromatic heterocycles. The number of hydrogen-bond donors (Lipinski definition) is 2. The molecule has 6 heteroatoms. The van der Waals surface area contributed by atoms with E-state index in [-0.39, 0.29) is 5.92 Å². The molecule has 0 amide bonds. The van der Waals surface area contributed by atoms with Crippen molar-refractivity contribution < 1.29 is 4.74 Å². The first-order valence-corrected chi connectivity index (χ1v) is 7.32. The van der Waals surface area contributed by atoms with Crippen molar-refractivity contribution in [3.63, 3.8) is 0 Å². The van der Waals surface area contributed by atoms with Crippen LogP contribution >= 0.6 is 0 Å². The van der Waals surface area contributed by atoms with Crippen LogP contribution in [0.5, 0.6) is 0 Å². The van der Waals surface area contributed by atoms with Gasteiger partial charge in [0, 0.05) is 6.61 Å². The Morgan fingerprint density at radius 3 is 2.86 bits per heavy atom. The fraction of sp³-hybridized carbons (Fsp3) is 0.312. The van der Waals surface area contributed by atoms with Crippen LogP contribution in [-0.2, 0) is 11.3 Å². The molecule has 0 saturated carbocycles. The van der Waals surface area contributed by atoms with Gasteiger partial charge in [0.1, 0.15) is 11.3 Å². The largest absolute Gasteiger partial charge is 0.384 e. The van der Waals surface area contributed by atoms with E-state index in [1.165, 1.54) is 5.56 Å². The molecule has 0 aliphatic carbocycles. The van der Waals surface area contributed by atoms with Crippen molar-refractivity contribution in [3.05, 3.63) is 47.5 Å². The van der Waals surface area contributed by atoms with Gasteiger partial charge in [-0.05, 0) is 29.5 Å². The third-order valence-corrected chi connectivity index (χ3v) is 3.68. The second-order valence-electron chi connectivity index (χ2n) is 5.36. The number of aromatic nitrogens is 4. The molecular formula is C16H19N5O. The van der Waals surface area contributed by atoms with Crippen LogP contribution in [0.2, 0.25) is 0 Å². The Hall–Kier alpha value is -2.47. The summed E-state index contributed by atoms with van der Waals surface area (Å²) < 4.78 is 5.74. The highest BCUT2D eigenvalue weighted by Crippen LogP contribution is 2.26. The zero-order chi connectivity index (χ0) is 15.4. The van der Waals surface area contributed by atoms with Crippen LogP contribution in [0.1, 0.15) is 30.4 Å². The quantitative estimate of drug-likeness (QED) is 0.683. The van der Waals surface area contributed by atoms with Gasteiger partial charge in [-0.25, -0.2) is 4.98 Å². The number of nitrogens with two attached hydrogens (primary N) is 1. The molecule has 22 heavy (non-hydrogen) atoms. The molecular weight excluding hydrogens is 278 g/mol. The third kappa shape index (κ3) is 3.23. The molecule has 0 spiro atoms. The van der Waals surface area contributed by atoms with Crippen molar-refractivity contribution in [1.82, 2.24) is 20.4 Å². The van der Waals surface area contributed by atoms with Gasteiger partial charge in [0.25, 0.3) is 0 Å². The number of anilines is 1. The molecule has 0 fully saturated rings. The number of fused-ring (bicyclic) bond motifs is 1. The Bertz CT molecular complexity index is 741. The zero-order valence-corrected chi connectivity index (χ0v) is 12.5. The lowest BCUT2D eigenvalue weighted by Crippen LogP contribution is -2.04. The number of pyridine rings is 1. The van der Waals surface area contributed by atoms with Gasteiger partial charge in [0.15, 0.2) is 0 Å². The second-order valence-corrected chi connectivity index (χ2v) is 5.36. The average molecular weight is 297 g/mol. The molecule has 0 aliphatic rings. The Morgan fingerprint density at radius 1 is 1.23 bits per heavy atom. The average Bonchev–Trinajstić information content (AvgIpc) is 2.99. The Morgan fingerprint density at radius 2 is 2.05 bits per heavy atom. The van der Waals surface area contributed by atoms with Crippen molar-refractivity contribution in [2.24, 2.45) is 0 Å². The summed E-state index contributed by atoms with van der Waals surface area (Å²) in [6.07, 6.45) is 0.887. The predicted molar refractivity (Wildman–Crippen MR) is 85.2 cm³/mol. The third-order valence-electron chi connectivity index (χ3n) is 3.68. The molecule has 3 rings (SSSR count). The fourth-order valence-corrected chi connectivity index (χ4v) is 2.43. The Kier molecular flexibility index (Phi) is 4.29. The molecule has 2 heterocycles. The number of nitrogens with zero attached hydrogens (tertiary/aromatic N) is 3. The van der Waals surface area contributed by atoms with Gasteiger partial charge in [0.05, 0.1) is 6.61 Å². The maximum Gasteiger partial charge on any atom is 0.203 e. The monoisotopic (exact) mass is 297 g/mol. The minimum Gasteiger partial charge on any atom is -0.384 e. The first kappa shape index (κ1) is 14.5. The summed E-state index contributed by atoms with van der Waals surface area (Å²) in [4.78, 5) is 4.16. The van der Waals surface area contributed by atoms with Crippen LogP contribution in [0, 0.1) is 0 Å². The normalized spacial score (nSPS) is 12.6. The van der Waals surface area contributed by atoms with E-state index < -0.39 is 0 Å². The highest BCUT2D eigenvalue weighted by atomic mass is 16.5. The molecule has 1 aromatic carbocycles. The molecule has 114 valence electrons. The molecule has 0 saturated heterocycles. The van der Waals surface area contributed by atoms with Gasteiger partial charge in [-0.15, -0.1) is 5.10 Å². The smallest absolute Gasteiger partial charge is 0.203 e. The summed E-state index contributed by atoms with van der Waals surface area (Å²) in [6.45, 7) is 3.44. The molecule has 6 nitrogen and oxygen atoms in total. The van der Waals surface area contributed by atoms with E-state index in [2.05, 4.69) is 39.5 Å². The van der Waals surface area contributed by atoms with Crippen molar-refractivity contribution in [1.29, 1.82) is 0 Å². The maximum absolute atomic E-state index is 5.83. The van der Waals surface area contributed by atoms with Crippen molar-refractivity contribution in [3.8, 4) is 0 Å². The van der Waals surface area contributed by atoms with E-state index >= 15 is 0 Å². The van der Waals surface area contributed by atoms with Gasteiger partial charge in [-0.1, -0.05) is 37.3 Å². The summed E-state index contributed by atoms with van der Waals surface area (Å²) in [5, 5.41) is 10.8. The van der Waals surface area contributed by atoms with Crippen LogP contribution in [0.15, 0.2) is 36.4 Å². The number of nitrogens with one attached hydrogen (secondary N) is 1. The number of aromatic amines is 1. The molecule has 0 bridgehead atoms. The summed E-state index contributed by atoms with van der Waals surface area (Å²) in [5.41, 5.74) is 9.41. The van der Waals surface area contributed by atoms with Crippen molar-refractivity contribution in [2.75, 3.05) is 12.3 Å². The lowest BCUT2D eigenvalue weighted by molar-refractivity contribution is 0.115. The molecule has 3 aromatic rings. The number of rotatable bonds is 6. The van der Waals surface area contributed by atoms with Crippen LogP contribution in [0.3, 0.4) is 0 Å². The van der Waals surface area contributed by atoms with E-state index in [1.807, 2.05) is 24.3 Å². The molecule has 1 atom stereocenters. The number of ether oxygens (including phenoxy) is 1. The van der Waals surface area contributed by atoms with Crippen LogP contribution in [0.4, 0.5) is 5.82 Å². The topological polar surface area (TPSA) is 89.7 Å². The zero-order valence-electron chi connectivity index (χ0n) is 12.5. The van der Waals surface area contributed by atoms with E-state index in [1.54, 1.807) is 0 Å². The second kappa shape index (κ2) is 6.53. The van der Waals surface area contributed by atoms with Gasteiger partial charge >= 0.3 is 0 Å². The van der Waals surface area contributed by atoms with E-state index in [9.17, 15) is 0 Å². The van der Waals surface area contributed by atoms with Gasteiger partial charge < -0.3 is 10.5 Å². The maximum atomic E-state index is 5.83. The number of hydrogen-bond acceptors (Lipinski definition) is 5. The number of benzene rings is 1.